The van der Waals surface area contributed by atoms with Crippen LogP contribution in [0.15, 0.2) is 109 Å². The van der Waals surface area contributed by atoms with Crippen LogP contribution >= 0.6 is 11.3 Å². The van der Waals surface area contributed by atoms with Crippen LogP contribution in [0.1, 0.15) is 81.3 Å². The number of β-amino-alcohol motifs (C(OH)–C–C–N with tert-alkyl or cyclic N) is 1. The number of allylic oxidation sites excluding steroid dienone is 1. The lowest BCUT2D eigenvalue weighted by Crippen LogP contribution is -2.57. The zero-order chi connectivity index (χ0) is 50.2. The highest BCUT2D eigenvalue weighted by Gasteiger charge is 2.44. The van der Waals surface area contributed by atoms with Crippen molar-refractivity contribution in [3.05, 3.63) is 137 Å². The Morgan fingerprint density at radius 3 is 2.10 bits per heavy atom. The molecule has 372 valence electrons. The number of likely N-dealkylation sites (tertiary alicyclic amines) is 1. The molecule has 0 spiro atoms. The average molecular weight is 974 g/mol. The van der Waals surface area contributed by atoms with Crippen LogP contribution in [0, 0.1) is 12.3 Å². The Balaban J connectivity index is 0.869. The largest absolute Gasteiger partial charge is 0.508 e. The van der Waals surface area contributed by atoms with Crippen LogP contribution in [0.2, 0.25) is 0 Å². The second-order valence-electron chi connectivity index (χ2n) is 18.5. The number of rotatable bonds is 23. The van der Waals surface area contributed by atoms with E-state index in [1.165, 1.54) is 10.5 Å². The summed E-state index contributed by atoms with van der Waals surface area (Å²) in [4.78, 5) is 61.7. The number of aliphatic hydroxyl groups excluding tert-OH is 1. The minimum absolute atomic E-state index is 0.00477. The highest BCUT2D eigenvalue weighted by atomic mass is 32.1. The van der Waals surface area contributed by atoms with Gasteiger partial charge in [-0.2, -0.15) is 0 Å². The summed E-state index contributed by atoms with van der Waals surface area (Å²) in [5.74, 6) is -0.384. The number of carbonyl (C=O) groups excluding carboxylic acids is 4. The van der Waals surface area contributed by atoms with Gasteiger partial charge in [0.25, 0.3) is 0 Å². The number of ether oxygens (including phenoxy) is 3. The number of aromatic nitrogens is 1. The molecule has 6 rings (SSSR count). The van der Waals surface area contributed by atoms with Crippen LogP contribution in [-0.2, 0) is 35.2 Å². The van der Waals surface area contributed by atoms with Crippen LogP contribution < -0.4 is 15.4 Å². The van der Waals surface area contributed by atoms with Gasteiger partial charge in [0.05, 0.1) is 61.6 Å². The monoisotopic (exact) mass is 973 g/mol. The van der Waals surface area contributed by atoms with E-state index >= 15 is 0 Å². The third-order valence-corrected chi connectivity index (χ3v) is 13.2. The second-order valence-corrected chi connectivity index (χ2v) is 19.3. The summed E-state index contributed by atoms with van der Waals surface area (Å²) in [7, 11) is 1.72. The van der Waals surface area contributed by atoms with Crippen molar-refractivity contribution in [2.75, 3.05) is 53.2 Å². The Kier molecular flexibility index (Phi) is 19.3. The molecule has 0 radical (unpaired) electrons. The first-order valence-corrected chi connectivity index (χ1v) is 24.8. The quantitative estimate of drug-likeness (QED) is 0.0375. The van der Waals surface area contributed by atoms with Gasteiger partial charge in [0.2, 0.25) is 23.6 Å². The van der Waals surface area contributed by atoms with Gasteiger partial charge in [0.1, 0.15) is 30.2 Å². The minimum atomic E-state index is -0.950. The lowest BCUT2D eigenvalue weighted by Gasteiger charge is -2.35. The first-order chi connectivity index (χ1) is 33.6. The van der Waals surface area contributed by atoms with Crippen LogP contribution in [0.3, 0.4) is 0 Å². The third-order valence-electron chi connectivity index (χ3n) is 12.2. The number of phenols is 1. The van der Waals surface area contributed by atoms with Crippen molar-refractivity contribution >= 4 is 46.1 Å². The molecule has 1 aliphatic heterocycles. The topological polar surface area (TPSA) is 180 Å². The van der Waals surface area contributed by atoms with Gasteiger partial charge in [0.15, 0.2) is 0 Å². The van der Waals surface area contributed by atoms with E-state index in [1.807, 2.05) is 112 Å². The van der Waals surface area contributed by atoms with E-state index in [2.05, 4.69) is 34.7 Å². The minimum Gasteiger partial charge on any atom is -0.508 e. The molecule has 0 bridgehead atoms. The van der Waals surface area contributed by atoms with Crippen molar-refractivity contribution in [1.29, 1.82) is 0 Å². The normalized spacial score (nSPS) is 15.5. The van der Waals surface area contributed by atoms with E-state index in [0.29, 0.717) is 18.9 Å². The summed E-state index contributed by atoms with van der Waals surface area (Å²) in [5.41, 5.74) is 9.45. The number of likely N-dealkylation sites (N-methyl/N-ethyl adjacent to an activating group) is 1. The maximum atomic E-state index is 14.0. The number of aromatic hydroxyl groups is 1. The van der Waals surface area contributed by atoms with Gasteiger partial charge in [-0.05, 0) is 82.0 Å². The van der Waals surface area contributed by atoms with Gasteiger partial charge in [-0.15, -0.1) is 11.3 Å². The fourth-order valence-corrected chi connectivity index (χ4v) is 9.11. The highest BCUT2D eigenvalue weighted by Crippen LogP contribution is 2.36. The molecular formula is C55H67N5O9S. The van der Waals surface area contributed by atoms with Crippen LogP contribution in [0.4, 0.5) is 0 Å². The number of carbonyl (C=O) groups is 4. The van der Waals surface area contributed by atoms with Crippen molar-refractivity contribution in [2.24, 2.45) is 5.41 Å². The van der Waals surface area contributed by atoms with E-state index in [-0.39, 0.29) is 82.3 Å². The molecule has 2 heterocycles. The summed E-state index contributed by atoms with van der Waals surface area (Å²) in [5, 5.41) is 26.3. The Labute approximate surface area is 415 Å². The first-order valence-electron chi connectivity index (χ1n) is 23.9. The number of aryl methyl sites for hydroxylation is 1. The number of nitrogens with zero attached hydrogens (tertiary/aromatic N) is 3. The molecule has 15 heteroatoms. The molecule has 0 unspecified atom stereocenters. The molecule has 70 heavy (non-hydrogen) atoms. The predicted octanol–water partition coefficient (Wildman–Crippen LogP) is 7.65. The smallest absolute Gasteiger partial charge is 0.246 e. The Hall–Kier alpha value is -6.39. The van der Waals surface area contributed by atoms with Crippen LogP contribution in [-0.4, -0.2) is 120 Å². The molecule has 0 aliphatic carbocycles. The molecule has 4 aromatic carbocycles. The molecule has 3 atom stereocenters. The molecule has 1 aliphatic rings. The Bertz CT molecular complexity index is 2520. The number of hydrogen-bond acceptors (Lipinski definition) is 11. The zero-order valence-electron chi connectivity index (χ0n) is 41.1. The fraction of sp³-hybridized carbons (Fsp3) is 0.400. The lowest BCUT2D eigenvalue weighted by molar-refractivity contribution is -0.144. The van der Waals surface area contributed by atoms with Crippen molar-refractivity contribution in [3.63, 3.8) is 0 Å². The molecule has 4 amide bonds. The summed E-state index contributed by atoms with van der Waals surface area (Å²) in [6.45, 7) is 11.3. The van der Waals surface area contributed by atoms with Crippen molar-refractivity contribution < 1.29 is 43.6 Å². The van der Waals surface area contributed by atoms with Crippen molar-refractivity contribution in [2.45, 2.75) is 85.0 Å². The first kappa shape index (κ1) is 53.0. The summed E-state index contributed by atoms with van der Waals surface area (Å²) < 4.78 is 17.3. The zero-order valence-corrected chi connectivity index (χ0v) is 41.9. The number of nitrogens with one attached hydrogen (secondary N) is 2. The number of aliphatic hydroxyl groups is 1. The predicted molar refractivity (Wildman–Crippen MR) is 273 cm³/mol. The molecule has 1 fully saturated rings. The second kappa shape index (κ2) is 25.5. The van der Waals surface area contributed by atoms with Gasteiger partial charge < -0.3 is 44.9 Å². The van der Waals surface area contributed by atoms with Gasteiger partial charge >= 0.3 is 0 Å². The van der Waals surface area contributed by atoms with Gasteiger partial charge in [0, 0.05) is 33.0 Å². The van der Waals surface area contributed by atoms with Gasteiger partial charge in [-0.25, -0.2) is 4.98 Å². The van der Waals surface area contributed by atoms with Crippen LogP contribution in [0.5, 0.6) is 11.5 Å². The average Bonchev–Trinajstić information content (AvgIpc) is 3.97. The van der Waals surface area contributed by atoms with Gasteiger partial charge in [-0.1, -0.05) is 107 Å². The summed E-state index contributed by atoms with van der Waals surface area (Å²) in [6.07, 6.45) is 0.214. The number of amides is 4. The molecule has 14 nitrogen and oxygen atoms in total. The highest BCUT2D eigenvalue weighted by molar-refractivity contribution is 7.13. The van der Waals surface area contributed by atoms with E-state index in [0.717, 1.165) is 50.4 Å². The van der Waals surface area contributed by atoms with E-state index in [1.54, 1.807) is 35.4 Å². The molecule has 0 saturated carbocycles. The summed E-state index contributed by atoms with van der Waals surface area (Å²) in [6, 6.07) is 31.5. The Morgan fingerprint density at radius 2 is 1.49 bits per heavy atom. The van der Waals surface area contributed by atoms with E-state index in [9.17, 15) is 29.4 Å². The molecule has 4 N–H and O–H groups in total. The molecule has 1 aromatic heterocycles. The van der Waals surface area contributed by atoms with Gasteiger partial charge in [-0.3, -0.25) is 19.2 Å². The number of benzene rings is 4. The van der Waals surface area contributed by atoms with Crippen molar-refractivity contribution in [3.8, 4) is 21.9 Å². The third kappa shape index (κ3) is 14.8. The maximum absolute atomic E-state index is 14.0. The van der Waals surface area contributed by atoms with E-state index in [4.69, 9.17) is 14.2 Å². The van der Waals surface area contributed by atoms with Crippen LogP contribution in [0.25, 0.3) is 21.6 Å². The molecular weight excluding hydrogens is 907 g/mol. The Morgan fingerprint density at radius 1 is 0.843 bits per heavy atom. The lowest BCUT2D eigenvalue weighted by atomic mass is 9.85. The fourth-order valence-electron chi connectivity index (χ4n) is 8.30. The SMILES string of the molecule is CC/C(=C(\c1ccc(O)cc1)c1ccc(OCCN(C)C(=O)CCOCCOCCC(=O)N[C@H](C(=O)N2C[C@H](O)C[C@H]2C(=O)NCc2ccc(-c3scnc3C)cc2)C(C)(C)C)cc1)c1ccccc1. The maximum Gasteiger partial charge on any atom is 0.246 e. The molecule has 5 aromatic rings. The molecule has 1 saturated heterocycles. The van der Waals surface area contributed by atoms with E-state index < -0.39 is 29.5 Å². The standard InChI is InChI=1S/C55H67N5O9S/c1-7-46(39-11-9-8-10-12-39)50(40-17-21-43(61)22-18-40)41-19-23-45(24-20-41)69-30-27-59(6)49(64)26-29-68-32-31-67-28-25-48(63)58-52(55(3,4)5)54(66)60-35-44(62)33-47(60)53(65)56-34-38-13-15-42(16-14-38)51-37(2)57-36-70-51/h8-24,36,44,47,52,61-62H,7,25-35H2,1-6H3,(H,56,65)(H,58,63)/b50-46-/t44-,47+,52-/m1/s1. The van der Waals surface area contributed by atoms with Crippen molar-refractivity contribution in [1.82, 2.24) is 25.4 Å². The number of phenolic OH excluding ortho intramolecular Hbond substituents is 1. The number of hydrogen-bond donors (Lipinski definition) is 4. The number of thiazole rings is 1. The summed E-state index contributed by atoms with van der Waals surface area (Å²) >= 11 is 1.57.